The van der Waals surface area contributed by atoms with Gasteiger partial charge in [-0.25, -0.2) is 9.40 Å². The van der Waals surface area contributed by atoms with E-state index >= 15 is 0 Å². The van der Waals surface area contributed by atoms with Crippen molar-refractivity contribution in [1.29, 1.82) is 0 Å². The number of hydrogen-bond acceptors (Lipinski definition) is 10. The first-order valence-electron chi connectivity index (χ1n) is 15.3. The van der Waals surface area contributed by atoms with Crippen molar-refractivity contribution in [3.63, 3.8) is 0 Å². The van der Waals surface area contributed by atoms with E-state index in [1.54, 1.807) is 48.1 Å². The van der Waals surface area contributed by atoms with E-state index in [2.05, 4.69) is 15.5 Å². The number of thioether (sulfide) groups is 1. The van der Waals surface area contributed by atoms with Gasteiger partial charge in [0.05, 0.1) is 43.2 Å². The lowest BCUT2D eigenvalue weighted by atomic mass is 9.98. The van der Waals surface area contributed by atoms with Crippen molar-refractivity contribution >= 4 is 35.0 Å². The van der Waals surface area contributed by atoms with E-state index in [4.69, 9.17) is 14.6 Å². The number of halogens is 1. The van der Waals surface area contributed by atoms with Crippen molar-refractivity contribution in [2.45, 2.75) is 24.2 Å². The minimum atomic E-state index is -0.506. The molecular weight excluding hydrogens is 665 g/mol. The highest BCUT2D eigenvalue weighted by molar-refractivity contribution is 7.99. The van der Waals surface area contributed by atoms with Gasteiger partial charge >= 0.3 is 0 Å². The third kappa shape index (κ3) is 7.47. The standard InChI is InChI=1S/C35H30FN7O6S/c1-48-28-16-8-22(9-17-28)30-19-31(23-6-10-25(36)11-7-23)42(40-30)33(44)21-50-35-39-38-32(41(35)26-12-14-27(15-13-26)43(46)47)20-37-34(45)24-4-3-5-29(18-24)49-2/h3-18,31H,19-21H2,1-2H3,(H,37,45). The highest BCUT2D eigenvalue weighted by atomic mass is 32.2. The number of nitrogens with zero attached hydrogens (tertiary/aromatic N) is 6. The fourth-order valence-corrected chi connectivity index (χ4v) is 6.18. The van der Waals surface area contributed by atoms with Crippen molar-refractivity contribution in [3.05, 3.63) is 136 Å². The van der Waals surface area contributed by atoms with Crippen molar-refractivity contribution < 1.29 is 28.4 Å². The molecule has 1 aromatic heterocycles. The average molecular weight is 696 g/mol. The highest BCUT2D eigenvalue weighted by Gasteiger charge is 2.33. The molecule has 0 saturated heterocycles. The second kappa shape index (κ2) is 15.0. The van der Waals surface area contributed by atoms with Crippen LogP contribution in [0.4, 0.5) is 10.1 Å². The molecule has 4 aromatic carbocycles. The van der Waals surface area contributed by atoms with Gasteiger partial charge in [0.25, 0.3) is 17.5 Å². The number of methoxy groups -OCH3 is 2. The molecule has 0 fully saturated rings. The molecule has 2 amide bonds. The Balaban J connectivity index is 1.26. The molecule has 0 radical (unpaired) electrons. The van der Waals surface area contributed by atoms with Crippen LogP contribution in [-0.4, -0.2) is 62.2 Å². The monoisotopic (exact) mass is 695 g/mol. The quantitative estimate of drug-likeness (QED) is 0.0979. The maximum Gasteiger partial charge on any atom is 0.269 e. The van der Waals surface area contributed by atoms with Gasteiger partial charge in [-0.1, -0.05) is 30.0 Å². The Kier molecular flexibility index (Phi) is 10.1. The largest absolute Gasteiger partial charge is 0.497 e. The summed E-state index contributed by atoms with van der Waals surface area (Å²) in [5.41, 5.74) is 2.99. The Bertz CT molecular complexity index is 2050. The first-order valence-corrected chi connectivity index (χ1v) is 16.3. The third-order valence-corrected chi connectivity index (χ3v) is 8.84. The molecule has 0 bridgehead atoms. The summed E-state index contributed by atoms with van der Waals surface area (Å²) in [7, 11) is 3.08. The van der Waals surface area contributed by atoms with Crippen molar-refractivity contribution in [1.82, 2.24) is 25.1 Å². The number of nitro benzene ring substituents is 1. The zero-order valence-electron chi connectivity index (χ0n) is 26.9. The van der Waals surface area contributed by atoms with Crippen molar-refractivity contribution in [2.75, 3.05) is 20.0 Å². The summed E-state index contributed by atoms with van der Waals surface area (Å²) < 4.78 is 25.9. The maximum atomic E-state index is 13.8. The molecule has 1 aliphatic heterocycles. The number of aromatic nitrogens is 3. The average Bonchev–Trinajstić information content (AvgIpc) is 3.78. The number of hydrazone groups is 1. The van der Waals surface area contributed by atoms with Gasteiger partial charge in [0.2, 0.25) is 0 Å². The molecule has 0 aliphatic carbocycles. The van der Waals surface area contributed by atoms with E-state index in [0.29, 0.717) is 45.9 Å². The summed E-state index contributed by atoms with van der Waals surface area (Å²) in [5.74, 6) is 0.334. The molecule has 5 aromatic rings. The van der Waals surface area contributed by atoms with Crippen LogP contribution in [0.5, 0.6) is 11.5 Å². The van der Waals surface area contributed by atoms with E-state index < -0.39 is 16.8 Å². The minimum absolute atomic E-state index is 0.0389. The Hall–Kier alpha value is -6.09. The van der Waals surface area contributed by atoms with Crippen LogP contribution in [0.2, 0.25) is 0 Å². The first-order chi connectivity index (χ1) is 24.2. The van der Waals surface area contributed by atoms with Gasteiger partial charge in [-0.05, 0) is 77.9 Å². The SMILES string of the molecule is COc1ccc(C2=NN(C(=O)CSc3nnc(CNC(=O)c4cccc(OC)c4)n3-c3ccc([N+](=O)[O-])cc3)C(c3ccc(F)cc3)C2)cc1. The lowest BCUT2D eigenvalue weighted by Crippen LogP contribution is -2.28. The van der Waals surface area contributed by atoms with Crippen LogP contribution in [0, 0.1) is 15.9 Å². The number of amides is 2. The number of carbonyl (C=O) groups is 2. The summed E-state index contributed by atoms with van der Waals surface area (Å²) >= 11 is 1.09. The van der Waals surface area contributed by atoms with Crippen molar-refractivity contribution in [2.24, 2.45) is 5.10 Å². The van der Waals surface area contributed by atoms with Crippen LogP contribution in [0.1, 0.15) is 39.8 Å². The highest BCUT2D eigenvalue weighted by Crippen LogP contribution is 2.34. The Labute approximate surface area is 289 Å². The van der Waals surface area contributed by atoms with E-state index in [0.717, 1.165) is 22.9 Å². The molecule has 0 saturated carbocycles. The van der Waals surface area contributed by atoms with Gasteiger partial charge in [-0.2, -0.15) is 5.10 Å². The topological polar surface area (TPSA) is 154 Å². The normalized spacial score (nSPS) is 13.9. The minimum Gasteiger partial charge on any atom is -0.497 e. The summed E-state index contributed by atoms with van der Waals surface area (Å²) in [6.07, 6.45) is 0.407. The molecule has 1 unspecified atom stereocenters. The van der Waals surface area contributed by atoms with Crippen LogP contribution in [-0.2, 0) is 11.3 Å². The molecule has 15 heteroatoms. The Morgan fingerprint density at radius 2 is 1.68 bits per heavy atom. The number of non-ortho nitro benzene ring substituents is 1. The fraction of sp³-hybridized carbons (Fsp3) is 0.171. The zero-order valence-corrected chi connectivity index (χ0v) is 27.7. The van der Waals surface area contributed by atoms with Gasteiger partial charge in [0.15, 0.2) is 11.0 Å². The molecule has 1 atom stereocenters. The van der Waals surface area contributed by atoms with Gasteiger partial charge in [0.1, 0.15) is 17.3 Å². The molecule has 0 spiro atoms. The second-order valence-corrected chi connectivity index (χ2v) is 11.9. The molecule has 1 aliphatic rings. The van der Waals surface area contributed by atoms with Gasteiger partial charge in [-0.15, -0.1) is 10.2 Å². The summed E-state index contributed by atoms with van der Waals surface area (Å²) in [4.78, 5) is 37.6. The number of carbonyl (C=O) groups excluding carboxylic acids is 2. The number of nitrogens with one attached hydrogen (secondary N) is 1. The molecule has 254 valence electrons. The molecule has 13 nitrogen and oxygen atoms in total. The molecule has 50 heavy (non-hydrogen) atoms. The van der Waals surface area contributed by atoms with E-state index in [1.807, 2.05) is 24.3 Å². The van der Waals surface area contributed by atoms with E-state index in [9.17, 15) is 24.1 Å². The lowest BCUT2D eigenvalue weighted by molar-refractivity contribution is -0.384. The summed E-state index contributed by atoms with van der Waals surface area (Å²) in [6, 6.07) is 25.3. The van der Waals surface area contributed by atoms with Gasteiger partial charge in [0, 0.05) is 29.8 Å². The summed E-state index contributed by atoms with van der Waals surface area (Å²) in [5, 5.41) is 29.1. The number of benzene rings is 4. The molecule has 2 heterocycles. The number of hydrogen-bond donors (Lipinski definition) is 1. The fourth-order valence-electron chi connectivity index (χ4n) is 5.35. The number of ether oxygens (including phenoxy) is 2. The van der Waals surface area contributed by atoms with E-state index in [-0.39, 0.29) is 29.8 Å². The third-order valence-electron chi connectivity index (χ3n) is 7.93. The summed E-state index contributed by atoms with van der Waals surface area (Å²) in [6.45, 7) is -0.0389. The second-order valence-electron chi connectivity index (χ2n) is 11.0. The van der Waals surface area contributed by atoms with Crippen molar-refractivity contribution in [3.8, 4) is 17.2 Å². The zero-order chi connectivity index (χ0) is 35.2. The van der Waals surface area contributed by atoms with Crippen LogP contribution in [0.3, 0.4) is 0 Å². The lowest BCUT2D eigenvalue weighted by Gasteiger charge is -2.22. The van der Waals surface area contributed by atoms with Crippen LogP contribution in [0.25, 0.3) is 5.69 Å². The number of nitro groups is 1. The molecule has 6 rings (SSSR count). The predicted octanol–water partition coefficient (Wildman–Crippen LogP) is 5.73. The van der Waals surface area contributed by atoms with E-state index in [1.165, 1.54) is 48.5 Å². The molecular formula is C35H30FN7O6S. The molecule has 1 N–H and O–H groups in total. The smallest absolute Gasteiger partial charge is 0.269 e. The van der Waals surface area contributed by atoms with Crippen LogP contribution in [0.15, 0.2) is 107 Å². The Morgan fingerprint density at radius 3 is 2.36 bits per heavy atom. The van der Waals surface area contributed by atoms with Gasteiger partial charge in [-0.3, -0.25) is 24.3 Å². The first kappa shape index (κ1) is 33.8. The van der Waals surface area contributed by atoms with Crippen LogP contribution >= 0.6 is 11.8 Å². The predicted molar refractivity (Wildman–Crippen MR) is 183 cm³/mol. The Morgan fingerprint density at radius 1 is 0.960 bits per heavy atom. The maximum absolute atomic E-state index is 13.8. The van der Waals surface area contributed by atoms with Gasteiger partial charge < -0.3 is 14.8 Å². The number of rotatable bonds is 12. The van der Waals surface area contributed by atoms with Crippen LogP contribution < -0.4 is 14.8 Å².